The average Bonchev–Trinajstić information content (AvgIpc) is 2.67. The van der Waals surface area contributed by atoms with Gasteiger partial charge in [0.05, 0.1) is 0 Å². The Kier molecular flexibility index (Phi) is 3.10. The monoisotopic (exact) mass is 279 g/mol. The van der Waals surface area contributed by atoms with Crippen LogP contribution in [-0.4, -0.2) is 11.4 Å². The summed E-state index contributed by atoms with van der Waals surface area (Å²) in [6, 6.07) is 9.62. The molecule has 0 bridgehead atoms. The Bertz CT molecular complexity index is 532. The molecule has 0 unspecified atom stereocenters. The summed E-state index contributed by atoms with van der Waals surface area (Å²) in [6.07, 6.45) is 1.26. The van der Waals surface area contributed by atoms with Gasteiger partial charge in [0.2, 0.25) is 0 Å². The van der Waals surface area contributed by atoms with Crippen molar-refractivity contribution in [1.29, 1.82) is 0 Å². The molecule has 3 nitrogen and oxygen atoms in total. The fourth-order valence-electron chi connectivity index (χ4n) is 1.44. The maximum absolute atomic E-state index is 8.39. The standard InChI is InChI=1S/C12H10BrNO2/c1-8-2-4-10(11(13)6-8)12-5-3-9(16-12)7-14-15/h2-7,15H,1H3/b14-7-. The molecule has 2 rings (SSSR count). The van der Waals surface area contributed by atoms with Gasteiger partial charge in [-0.3, -0.25) is 0 Å². The van der Waals surface area contributed by atoms with Crippen molar-refractivity contribution in [2.75, 3.05) is 0 Å². The van der Waals surface area contributed by atoms with E-state index in [2.05, 4.69) is 21.1 Å². The molecule has 0 atom stereocenters. The summed E-state index contributed by atoms with van der Waals surface area (Å²) in [5.74, 6) is 1.26. The Balaban J connectivity index is 2.42. The van der Waals surface area contributed by atoms with E-state index in [1.54, 1.807) is 6.07 Å². The van der Waals surface area contributed by atoms with Crippen molar-refractivity contribution in [1.82, 2.24) is 0 Å². The number of benzene rings is 1. The molecule has 1 aromatic carbocycles. The highest BCUT2D eigenvalue weighted by molar-refractivity contribution is 9.10. The minimum Gasteiger partial charge on any atom is -0.455 e. The molecule has 1 N–H and O–H groups in total. The summed E-state index contributed by atoms with van der Waals surface area (Å²) in [4.78, 5) is 0. The first-order valence-corrected chi connectivity index (χ1v) is 5.54. The van der Waals surface area contributed by atoms with E-state index in [0.717, 1.165) is 15.8 Å². The molecule has 1 aromatic heterocycles. The van der Waals surface area contributed by atoms with Gasteiger partial charge in [-0.05, 0) is 36.8 Å². The molecule has 0 saturated carbocycles. The van der Waals surface area contributed by atoms with Crippen molar-refractivity contribution < 1.29 is 9.62 Å². The van der Waals surface area contributed by atoms with E-state index in [-0.39, 0.29) is 0 Å². The number of aryl methyl sites for hydroxylation is 1. The first kappa shape index (κ1) is 11.0. The van der Waals surface area contributed by atoms with Crippen molar-refractivity contribution in [2.45, 2.75) is 6.92 Å². The zero-order chi connectivity index (χ0) is 11.5. The summed E-state index contributed by atoms with van der Waals surface area (Å²) in [7, 11) is 0. The number of furan rings is 1. The molecule has 16 heavy (non-hydrogen) atoms. The van der Waals surface area contributed by atoms with Crippen molar-refractivity contribution in [3.63, 3.8) is 0 Å². The van der Waals surface area contributed by atoms with Gasteiger partial charge in [0, 0.05) is 10.0 Å². The molecular formula is C12H10BrNO2. The van der Waals surface area contributed by atoms with Crippen LogP contribution in [0.2, 0.25) is 0 Å². The van der Waals surface area contributed by atoms with E-state index >= 15 is 0 Å². The van der Waals surface area contributed by atoms with Crippen LogP contribution in [0.15, 0.2) is 44.4 Å². The maximum Gasteiger partial charge on any atom is 0.149 e. The highest BCUT2D eigenvalue weighted by atomic mass is 79.9. The van der Waals surface area contributed by atoms with Crippen LogP contribution >= 0.6 is 15.9 Å². The summed E-state index contributed by atoms with van der Waals surface area (Å²) in [5.41, 5.74) is 2.16. The van der Waals surface area contributed by atoms with Crippen LogP contribution in [0.1, 0.15) is 11.3 Å². The minimum atomic E-state index is 0.518. The van der Waals surface area contributed by atoms with Crippen LogP contribution in [0.5, 0.6) is 0 Å². The topological polar surface area (TPSA) is 45.7 Å². The van der Waals surface area contributed by atoms with Crippen molar-refractivity contribution >= 4 is 22.1 Å². The third-order valence-corrected chi connectivity index (χ3v) is 2.86. The zero-order valence-corrected chi connectivity index (χ0v) is 10.2. The number of hydrogen-bond acceptors (Lipinski definition) is 3. The molecule has 0 aliphatic heterocycles. The van der Waals surface area contributed by atoms with E-state index in [0.29, 0.717) is 5.76 Å². The van der Waals surface area contributed by atoms with Gasteiger partial charge in [-0.1, -0.05) is 27.2 Å². The zero-order valence-electron chi connectivity index (χ0n) is 8.64. The van der Waals surface area contributed by atoms with E-state index < -0.39 is 0 Å². The van der Waals surface area contributed by atoms with Crippen LogP contribution < -0.4 is 0 Å². The van der Waals surface area contributed by atoms with Crippen LogP contribution in [0.25, 0.3) is 11.3 Å². The number of halogens is 1. The SMILES string of the molecule is Cc1ccc(-c2ccc(/C=N\O)o2)c(Br)c1. The molecule has 0 fully saturated rings. The Labute approximate surface area is 102 Å². The number of rotatable bonds is 2. The second-order valence-electron chi connectivity index (χ2n) is 3.43. The summed E-state index contributed by atoms with van der Waals surface area (Å²) < 4.78 is 6.47. The second kappa shape index (κ2) is 4.53. The Morgan fingerprint density at radius 2 is 2.12 bits per heavy atom. The van der Waals surface area contributed by atoms with E-state index in [9.17, 15) is 0 Å². The average molecular weight is 280 g/mol. The molecule has 0 radical (unpaired) electrons. The van der Waals surface area contributed by atoms with Crippen LogP contribution in [0, 0.1) is 6.92 Å². The van der Waals surface area contributed by atoms with Gasteiger partial charge in [-0.15, -0.1) is 0 Å². The Hall–Kier alpha value is -1.55. The normalized spacial score (nSPS) is 11.1. The lowest BCUT2D eigenvalue weighted by Gasteiger charge is -2.01. The first-order valence-electron chi connectivity index (χ1n) is 4.74. The number of hydrogen-bond donors (Lipinski definition) is 1. The van der Waals surface area contributed by atoms with Gasteiger partial charge < -0.3 is 9.62 Å². The predicted molar refractivity (Wildman–Crippen MR) is 66.0 cm³/mol. The van der Waals surface area contributed by atoms with Crippen molar-refractivity contribution in [3.05, 3.63) is 46.1 Å². The Morgan fingerprint density at radius 3 is 2.81 bits per heavy atom. The molecule has 1 heterocycles. The smallest absolute Gasteiger partial charge is 0.149 e. The van der Waals surface area contributed by atoms with E-state index in [1.165, 1.54) is 11.8 Å². The van der Waals surface area contributed by atoms with Gasteiger partial charge in [0.15, 0.2) is 0 Å². The first-order chi connectivity index (χ1) is 7.70. The van der Waals surface area contributed by atoms with E-state index in [1.807, 2.05) is 31.2 Å². The fraction of sp³-hybridized carbons (Fsp3) is 0.0833. The molecule has 0 spiro atoms. The minimum absolute atomic E-state index is 0.518. The molecule has 0 saturated heterocycles. The molecular weight excluding hydrogens is 270 g/mol. The molecule has 0 amide bonds. The Morgan fingerprint density at radius 1 is 1.31 bits per heavy atom. The lowest BCUT2D eigenvalue weighted by molar-refractivity contribution is 0.321. The maximum atomic E-state index is 8.39. The van der Waals surface area contributed by atoms with Crippen LogP contribution in [0.4, 0.5) is 0 Å². The van der Waals surface area contributed by atoms with Gasteiger partial charge >= 0.3 is 0 Å². The number of oxime groups is 1. The third-order valence-electron chi connectivity index (χ3n) is 2.20. The quantitative estimate of drug-likeness (QED) is 0.516. The van der Waals surface area contributed by atoms with Crippen molar-refractivity contribution in [3.8, 4) is 11.3 Å². The van der Waals surface area contributed by atoms with Crippen LogP contribution in [0.3, 0.4) is 0 Å². The van der Waals surface area contributed by atoms with Crippen molar-refractivity contribution in [2.24, 2.45) is 5.16 Å². The highest BCUT2D eigenvalue weighted by Crippen LogP contribution is 2.30. The molecule has 0 aliphatic carbocycles. The third kappa shape index (κ3) is 2.17. The lowest BCUT2D eigenvalue weighted by atomic mass is 10.1. The van der Waals surface area contributed by atoms with Gasteiger partial charge in [-0.2, -0.15) is 0 Å². The van der Waals surface area contributed by atoms with E-state index in [4.69, 9.17) is 9.62 Å². The highest BCUT2D eigenvalue weighted by Gasteiger charge is 2.07. The lowest BCUT2D eigenvalue weighted by Crippen LogP contribution is -1.79. The number of nitrogens with zero attached hydrogens (tertiary/aromatic N) is 1. The fourth-order valence-corrected chi connectivity index (χ4v) is 2.13. The molecule has 4 heteroatoms. The van der Waals surface area contributed by atoms with Gasteiger partial charge in [-0.25, -0.2) is 0 Å². The predicted octanol–water partition coefficient (Wildman–Crippen LogP) is 3.83. The second-order valence-corrected chi connectivity index (χ2v) is 4.28. The molecule has 0 aliphatic rings. The molecule has 2 aromatic rings. The van der Waals surface area contributed by atoms with Gasteiger partial charge in [0.25, 0.3) is 0 Å². The molecule has 82 valence electrons. The summed E-state index contributed by atoms with van der Waals surface area (Å²) in [6.45, 7) is 2.03. The van der Waals surface area contributed by atoms with Crippen LogP contribution in [-0.2, 0) is 0 Å². The largest absolute Gasteiger partial charge is 0.455 e. The van der Waals surface area contributed by atoms with Gasteiger partial charge in [0.1, 0.15) is 17.7 Å². The summed E-state index contributed by atoms with van der Waals surface area (Å²) in [5, 5.41) is 11.3. The summed E-state index contributed by atoms with van der Waals surface area (Å²) >= 11 is 3.49.